The largest absolute Gasteiger partial charge is 0.339 e. The van der Waals surface area contributed by atoms with Crippen molar-refractivity contribution in [3.63, 3.8) is 0 Å². The predicted octanol–water partition coefficient (Wildman–Crippen LogP) is 2.31. The first-order valence-corrected chi connectivity index (χ1v) is 9.49. The molecule has 2 fully saturated rings. The number of rotatable bonds is 6. The van der Waals surface area contributed by atoms with Gasteiger partial charge < -0.3 is 14.3 Å². The van der Waals surface area contributed by atoms with Crippen molar-refractivity contribution >= 4 is 11.8 Å². The van der Waals surface area contributed by atoms with Gasteiger partial charge >= 0.3 is 0 Å². The lowest BCUT2D eigenvalue weighted by atomic mass is 9.85. The van der Waals surface area contributed by atoms with Gasteiger partial charge in [-0.25, -0.2) is 0 Å². The van der Waals surface area contributed by atoms with Gasteiger partial charge in [0.2, 0.25) is 17.7 Å². The molecule has 0 unspecified atom stereocenters. The van der Waals surface area contributed by atoms with Crippen LogP contribution in [0, 0.1) is 0 Å². The Morgan fingerprint density at radius 3 is 2.74 bits per heavy atom. The third-order valence-corrected chi connectivity index (χ3v) is 5.55. The number of amides is 2. The van der Waals surface area contributed by atoms with Crippen LogP contribution in [0.1, 0.15) is 54.8 Å². The maximum absolute atomic E-state index is 12.5. The Labute approximate surface area is 158 Å². The summed E-state index contributed by atoms with van der Waals surface area (Å²) >= 11 is 0. The highest BCUT2D eigenvalue weighted by atomic mass is 16.5. The van der Waals surface area contributed by atoms with Crippen LogP contribution in [0.25, 0.3) is 0 Å². The quantitative estimate of drug-likeness (QED) is 0.782. The molecule has 1 aliphatic carbocycles. The van der Waals surface area contributed by atoms with Crippen molar-refractivity contribution in [3.05, 3.63) is 47.6 Å². The summed E-state index contributed by atoms with van der Waals surface area (Å²) in [5.41, 5.74) is 1.14. The predicted molar refractivity (Wildman–Crippen MR) is 97.7 cm³/mol. The van der Waals surface area contributed by atoms with Crippen LogP contribution in [0.4, 0.5) is 0 Å². The van der Waals surface area contributed by atoms with Crippen molar-refractivity contribution in [2.24, 2.45) is 0 Å². The summed E-state index contributed by atoms with van der Waals surface area (Å²) in [6, 6.07) is 9.98. The minimum atomic E-state index is -0.118. The molecule has 27 heavy (non-hydrogen) atoms. The Kier molecular flexibility index (Phi) is 4.92. The number of aromatic nitrogens is 2. The number of likely N-dealkylation sites (N-methyl/N-ethyl adjacent to an activating group) is 1. The van der Waals surface area contributed by atoms with Crippen molar-refractivity contribution < 1.29 is 14.1 Å². The second-order valence-corrected chi connectivity index (χ2v) is 7.51. The molecule has 0 N–H and O–H groups in total. The second kappa shape index (κ2) is 7.50. The fourth-order valence-electron chi connectivity index (χ4n) is 3.61. The number of carbonyl (C=O) groups excluding carboxylic acids is 2. The van der Waals surface area contributed by atoms with E-state index in [0.717, 1.165) is 18.4 Å². The van der Waals surface area contributed by atoms with Gasteiger partial charge in [-0.1, -0.05) is 41.9 Å². The molecule has 1 aliphatic heterocycles. The van der Waals surface area contributed by atoms with Crippen LogP contribution in [-0.2, 0) is 16.1 Å². The van der Waals surface area contributed by atoms with E-state index in [1.165, 1.54) is 6.42 Å². The fraction of sp³-hybridized carbons (Fsp3) is 0.500. The monoisotopic (exact) mass is 368 g/mol. The molecular formula is C20H24N4O3. The Morgan fingerprint density at radius 1 is 1.26 bits per heavy atom. The average molecular weight is 368 g/mol. The first kappa shape index (κ1) is 17.7. The van der Waals surface area contributed by atoms with Gasteiger partial charge in [-0.15, -0.1) is 0 Å². The molecule has 0 spiro atoms. The molecule has 142 valence electrons. The molecule has 1 atom stereocenters. The lowest BCUT2D eigenvalue weighted by Gasteiger charge is -2.21. The van der Waals surface area contributed by atoms with Crippen molar-refractivity contribution in [2.75, 3.05) is 20.1 Å². The van der Waals surface area contributed by atoms with Crippen LogP contribution < -0.4 is 0 Å². The third kappa shape index (κ3) is 3.86. The molecule has 4 rings (SSSR count). The topological polar surface area (TPSA) is 79.5 Å². The summed E-state index contributed by atoms with van der Waals surface area (Å²) in [7, 11) is 1.71. The molecule has 2 heterocycles. The van der Waals surface area contributed by atoms with Crippen molar-refractivity contribution in [2.45, 2.75) is 44.1 Å². The minimum Gasteiger partial charge on any atom is -0.339 e. The first-order chi connectivity index (χ1) is 13.1. The second-order valence-electron chi connectivity index (χ2n) is 7.51. The minimum absolute atomic E-state index is 0.0254. The first-order valence-electron chi connectivity index (χ1n) is 9.49. The van der Waals surface area contributed by atoms with Crippen molar-refractivity contribution in [1.29, 1.82) is 0 Å². The molecule has 7 heteroatoms. The van der Waals surface area contributed by atoms with E-state index < -0.39 is 0 Å². The third-order valence-electron chi connectivity index (χ3n) is 5.55. The molecule has 1 aromatic carbocycles. The highest BCUT2D eigenvalue weighted by molar-refractivity contribution is 5.86. The molecule has 1 saturated heterocycles. The van der Waals surface area contributed by atoms with Gasteiger partial charge in [-0.3, -0.25) is 9.59 Å². The summed E-state index contributed by atoms with van der Waals surface area (Å²) in [5.74, 6) is 1.63. The number of hydrogen-bond acceptors (Lipinski definition) is 5. The Balaban J connectivity index is 1.31. The maximum atomic E-state index is 12.5. The molecular weight excluding hydrogens is 344 g/mol. The van der Waals surface area contributed by atoms with Crippen LogP contribution in [0.3, 0.4) is 0 Å². The van der Waals surface area contributed by atoms with E-state index in [1.54, 1.807) is 16.8 Å². The van der Waals surface area contributed by atoms with Crippen LogP contribution in [-0.4, -0.2) is 51.9 Å². The van der Waals surface area contributed by atoms with E-state index in [4.69, 9.17) is 4.52 Å². The van der Waals surface area contributed by atoms with Gasteiger partial charge in [0.15, 0.2) is 5.82 Å². The standard InChI is InChI=1S/C20H24N4O3/c1-23(12-17-21-20(27-22-17)15-8-5-9-15)19(26)13-24-11-16(10-18(24)25)14-6-3-2-4-7-14/h2-4,6-7,15-16H,5,8-13H2,1H3/t16-/m0/s1. The number of likely N-dealkylation sites (tertiary alicyclic amines) is 1. The number of nitrogens with zero attached hydrogens (tertiary/aromatic N) is 4. The number of carbonyl (C=O) groups is 2. The maximum Gasteiger partial charge on any atom is 0.242 e. The zero-order valence-electron chi connectivity index (χ0n) is 15.5. The van der Waals surface area contributed by atoms with E-state index in [0.29, 0.717) is 37.1 Å². The summed E-state index contributed by atoms with van der Waals surface area (Å²) in [4.78, 5) is 32.5. The van der Waals surface area contributed by atoms with E-state index in [9.17, 15) is 9.59 Å². The average Bonchev–Trinajstić information content (AvgIpc) is 3.21. The molecule has 1 saturated carbocycles. The summed E-state index contributed by atoms with van der Waals surface area (Å²) in [6.45, 7) is 0.960. The number of hydrogen-bond donors (Lipinski definition) is 0. The van der Waals surface area contributed by atoms with Crippen molar-refractivity contribution in [3.8, 4) is 0 Å². The van der Waals surface area contributed by atoms with E-state index in [1.807, 2.05) is 30.3 Å². The van der Waals surface area contributed by atoms with Gasteiger partial charge in [-0.2, -0.15) is 4.98 Å². The lowest BCUT2D eigenvalue weighted by molar-refractivity contribution is -0.137. The summed E-state index contributed by atoms with van der Waals surface area (Å²) < 4.78 is 5.30. The van der Waals surface area contributed by atoms with Crippen LogP contribution >= 0.6 is 0 Å². The molecule has 0 bridgehead atoms. The SMILES string of the molecule is CN(Cc1noc(C2CCC2)n1)C(=O)CN1C[C@@H](c2ccccc2)CC1=O. The highest BCUT2D eigenvalue weighted by Gasteiger charge is 2.32. The zero-order chi connectivity index (χ0) is 18.8. The zero-order valence-corrected chi connectivity index (χ0v) is 15.5. The van der Waals surface area contributed by atoms with Gasteiger partial charge in [0.1, 0.15) is 0 Å². The van der Waals surface area contributed by atoms with Crippen LogP contribution in [0.2, 0.25) is 0 Å². The smallest absolute Gasteiger partial charge is 0.242 e. The van der Waals surface area contributed by atoms with Crippen LogP contribution in [0.15, 0.2) is 34.9 Å². The Bertz CT molecular complexity index is 816. The molecule has 1 aromatic heterocycles. The Morgan fingerprint density at radius 2 is 2.04 bits per heavy atom. The van der Waals surface area contributed by atoms with Gasteiger partial charge in [0, 0.05) is 31.8 Å². The summed E-state index contributed by atoms with van der Waals surface area (Å²) in [5, 5.41) is 3.98. The normalized spacial score (nSPS) is 20.0. The molecule has 2 aliphatic rings. The van der Waals surface area contributed by atoms with Gasteiger partial charge in [0.05, 0.1) is 13.1 Å². The summed E-state index contributed by atoms with van der Waals surface area (Å²) in [6.07, 6.45) is 3.84. The fourth-order valence-corrected chi connectivity index (χ4v) is 3.61. The Hall–Kier alpha value is -2.70. The molecule has 2 amide bonds. The van der Waals surface area contributed by atoms with Gasteiger partial charge in [-0.05, 0) is 18.4 Å². The van der Waals surface area contributed by atoms with E-state index in [-0.39, 0.29) is 24.3 Å². The van der Waals surface area contributed by atoms with E-state index >= 15 is 0 Å². The molecule has 2 aromatic rings. The van der Waals surface area contributed by atoms with E-state index in [2.05, 4.69) is 10.1 Å². The highest BCUT2D eigenvalue weighted by Crippen LogP contribution is 2.35. The van der Waals surface area contributed by atoms with Crippen molar-refractivity contribution in [1.82, 2.24) is 19.9 Å². The molecule has 0 radical (unpaired) electrons. The molecule has 7 nitrogen and oxygen atoms in total. The lowest BCUT2D eigenvalue weighted by Crippen LogP contribution is -2.39. The van der Waals surface area contributed by atoms with Gasteiger partial charge in [0.25, 0.3) is 0 Å². The number of benzene rings is 1. The van der Waals surface area contributed by atoms with Crippen LogP contribution in [0.5, 0.6) is 0 Å².